The lowest BCUT2D eigenvalue weighted by Crippen LogP contribution is -2.52. The summed E-state index contributed by atoms with van der Waals surface area (Å²) in [5, 5.41) is 7.20. The Kier molecular flexibility index (Phi) is 7.82. The van der Waals surface area contributed by atoms with Gasteiger partial charge in [-0.2, -0.15) is 0 Å². The van der Waals surface area contributed by atoms with Gasteiger partial charge in [-0.3, -0.25) is 9.89 Å². The Balaban J connectivity index is 0.00000210. The lowest BCUT2D eigenvalue weighted by Gasteiger charge is -2.39. The van der Waals surface area contributed by atoms with Gasteiger partial charge in [0.15, 0.2) is 5.96 Å². The van der Waals surface area contributed by atoms with Gasteiger partial charge in [0, 0.05) is 37.8 Å². The Morgan fingerprint density at radius 1 is 1.07 bits per heavy atom. The Hall–Kier alpha value is -0.820. The van der Waals surface area contributed by atoms with E-state index in [9.17, 15) is 0 Å². The third kappa shape index (κ3) is 5.83. The summed E-state index contributed by atoms with van der Waals surface area (Å²) in [6.07, 6.45) is 9.30. The molecule has 1 aliphatic carbocycles. The fourth-order valence-corrected chi connectivity index (χ4v) is 4.72. The van der Waals surface area contributed by atoms with Crippen molar-refractivity contribution >= 4 is 29.9 Å². The molecule has 2 N–H and O–H groups in total. The van der Waals surface area contributed by atoms with E-state index in [2.05, 4.69) is 52.8 Å². The third-order valence-electron chi connectivity index (χ3n) is 6.28. The van der Waals surface area contributed by atoms with Gasteiger partial charge in [0.05, 0.1) is 0 Å². The predicted octanol–water partition coefficient (Wildman–Crippen LogP) is 4.16. The molecule has 1 saturated carbocycles. The number of aliphatic imine (C=N–C) groups is 1. The Labute approximate surface area is 181 Å². The van der Waals surface area contributed by atoms with Gasteiger partial charge in [-0.1, -0.05) is 43.2 Å². The normalized spacial score (nSPS) is 27.9. The van der Waals surface area contributed by atoms with Gasteiger partial charge < -0.3 is 10.6 Å². The van der Waals surface area contributed by atoms with E-state index in [0.717, 1.165) is 43.6 Å². The molecule has 150 valence electrons. The van der Waals surface area contributed by atoms with Gasteiger partial charge in [0.25, 0.3) is 0 Å². The number of hydrogen-bond donors (Lipinski definition) is 2. The number of benzene rings is 1. The van der Waals surface area contributed by atoms with Crippen molar-refractivity contribution in [3.05, 3.63) is 35.9 Å². The molecule has 0 aromatic heterocycles. The van der Waals surface area contributed by atoms with Gasteiger partial charge in [-0.25, -0.2) is 0 Å². The number of guanidine groups is 1. The molecule has 2 heterocycles. The Morgan fingerprint density at radius 3 is 2.41 bits per heavy atom. The topological polar surface area (TPSA) is 39.7 Å². The molecule has 1 aromatic rings. The molecule has 1 aromatic carbocycles. The molecule has 5 heteroatoms. The van der Waals surface area contributed by atoms with Crippen LogP contribution in [0.1, 0.15) is 57.4 Å². The second-order valence-corrected chi connectivity index (χ2v) is 8.35. The molecule has 3 fully saturated rings. The van der Waals surface area contributed by atoms with E-state index < -0.39 is 0 Å². The van der Waals surface area contributed by atoms with Crippen LogP contribution in [0.15, 0.2) is 35.3 Å². The first-order chi connectivity index (χ1) is 12.8. The van der Waals surface area contributed by atoms with Crippen molar-refractivity contribution in [1.29, 1.82) is 0 Å². The minimum Gasteiger partial charge on any atom is -0.357 e. The first-order valence-electron chi connectivity index (χ1n) is 10.7. The monoisotopic (exact) mass is 482 g/mol. The SMILES string of the molecule is CCNC(=NCCC1CC1)NC1CC2CCC(C1)N2Cc1ccccc1.I. The number of rotatable bonds is 7. The Bertz CT molecular complexity index is 588. The quantitative estimate of drug-likeness (QED) is 0.349. The molecule has 0 spiro atoms. The van der Waals surface area contributed by atoms with Crippen LogP contribution >= 0.6 is 24.0 Å². The predicted molar refractivity (Wildman–Crippen MR) is 124 cm³/mol. The zero-order chi connectivity index (χ0) is 17.8. The van der Waals surface area contributed by atoms with E-state index in [0.29, 0.717) is 6.04 Å². The number of nitrogens with zero attached hydrogens (tertiary/aromatic N) is 2. The van der Waals surface area contributed by atoms with Crippen LogP contribution in [0.4, 0.5) is 0 Å². The first kappa shape index (κ1) is 20.9. The highest BCUT2D eigenvalue weighted by Crippen LogP contribution is 2.37. The minimum atomic E-state index is 0. The van der Waals surface area contributed by atoms with Crippen LogP contribution in [0.25, 0.3) is 0 Å². The first-order valence-corrected chi connectivity index (χ1v) is 10.7. The van der Waals surface area contributed by atoms with Gasteiger partial charge in [-0.05, 0) is 50.5 Å². The molecule has 4 nitrogen and oxygen atoms in total. The molecule has 2 bridgehead atoms. The van der Waals surface area contributed by atoms with Crippen molar-refractivity contribution in [3.63, 3.8) is 0 Å². The van der Waals surface area contributed by atoms with E-state index in [4.69, 9.17) is 4.99 Å². The zero-order valence-electron chi connectivity index (χ0n) is 16.6. The van der Waals surface area contributed by atoms with Crippen molar-refractivity contribution in [2.75, 3.05) is 13.1 Å². The van der Waals surface area contributed by atoms with Gasteiger partial charge in [0.1, 0.15) is 0 Å². The lowest BCUT2D eigenvalue weighted by molar-refractivity contribution is 0.114. The van der Waals surface area contributed by atoms with Crippen molar-refractivity contribution in [2.45, 2.75) is 76.5 Å². The molecule has 0 amide bonds. The van der Waals surface area contributed by atoms with E-state index >= 15 is 0 Å². The molecule has 0 radical (unpaired) electrons. The van der Waals surface area contributed by atoms with E-state index in [1.807, 2.05) is 0 Å². The van der Waals surface area contributed by atoms with Crippen LogP contribution in [-0.4, -0.2) is 42.1 Å². The molecular formula is C22H35IN4. The Morgan fingerprint density at radius 2 is 1.78 bits per heavy atom. The van der Waals surface area contributed by atoms with Gasteiger partial charge >= 0.3 is 0 Å². The molecular weight excluding hydrogens is 447 g/mol. The zero-order valence-corrected chi connectivity index (χ0v) is 18.9. The second-order valence-electron chi connectivity index (χ2n) is 8.35. The molecule has 27 heavy (non-hydrogen) atoms. The standard InChI is InChI=1S/C22H34N4.HI/c1-2-23-22(24-13-12-17-8-9-17)25-19-14-20-10-11-21(15-19)26(20)16-18-6-4-3-5-7-18;/h3-7,17,19-21H,2,8-16H2,1H3,(H2,23,24,25);1H. The van der Waals surface area contributed by atoms with Crippen LogP contribution in [0.2, 0.25) is 0 Å². The summed E-state index contributed by atoms with van der Waals surface area (Å²) in [5.41, 5.74) is 1.45. The molecule has 2 aliphatic heterocycles. The molecule has 2 saturated heterocycles. The summed E-state index contributed by atoms with van der Waals surface area (Å²) in [6.45, 7) is 5.18. The average Bonchev–Trinajstić information content (AvgIpc) is 3.43. The summed E-state index contributed by atoms with van der Waals surface area (Å²) in [6, 6.07) is 13.0. The highest BCUT2D eigenvalue weighted by atomic mass is 127. The fourth-order valence-electron chi connectivity index (χ4n) is 4.72. The maximum Gasteiger partial charge on any atom is 0.191 e. The molecule has 4 rings (SSSR count). The highest BCUT2D eigenvalue weighted by Gasteiger charge is 2.40. The second kappa shape index (κ2) is 10.1. The van der Waals surface area contributed by atoms with Crippen LogP contribution < -0.4 is 10.6 Å². The van der Waals surface area contributed by atoms with E-state index in [1.54, 1.807) is 0 Å². The maximum absolute atomic E-state index is 4.83. The third-order valence-corrected chi connectivity index (χ3v) is 6.28. The van der Waals surface area contributed by atoms with Crippen molar-refractivity contribution in [2.24, 2.45) is 10.9 Å². The van der Waals surface area contributed by atoms with Crippen molar-refractivity contribution in [3.8, 4) is 0 Å². The van der Waals surface area contributed by atoms with Crippen molar-refractivity contribution < 1.29 is 0 Å². The van der Waals surface area contributed by atoms with Crippen LogP contribution in [0.3, 0.4) is 0 Å². The van der Waals surface area contributed by atoms with Crippen LogP contribution in [-0.2, 0) is 6.54 Å². The smallest absolute Gasteiger partial charge is 0.191 e. The summed E-state index contributed by atoms with van der Waals surface area (Å²) in [5.74, 6) is 1.99. The number of halogens is 1. The average molecular weight is 482 g/mol. The molecule has 2 unspecified atom stereocenters. The van der Waals surface area contributed by atoms with Crippen molar-refractivity contribution in [1.82, 2.24) is 15.5 Å². The van der Waals surface area contributed by atoms with Gasteiger partial charge in [0.2, 0.25) is 0 Å². The highest BCUT2D eigenvalue weighted by molar-refractivity contribution is 14.0. The molecule has 2 atom stereocenters. The largest absolute Gasteiger partial charge is 0.357 e. The number of fused-ring (bicyclic) bond motifs is 2. The summed E-state index contributed by atoms with van der Waals surface area (Å²) in [4.78, 5) is 7.58. The molecule has 3 aliphatic rings. The number of hydrogen-bond acceptors (Lipinski definition) is 2. The lowest BCUT2D eigenvalue weighted by atomic mass is 9.96. The van der Waals surface area contributed by atoms with Crippen LogP contribution in [0, 0.1) is 5.92 Å². The van der Waals surface area contributed by atoms with Gasteiger partial charge in [-0.15, -0.1) is 24.0 Å². The summed E-state index contributed by atoms with van der Waals surface area (Å²) < 4.78 is 0. The van der Waals surface area contributed by atoms with Crippen LogP contribution in [0.5, 0.6) is 0 Å². The summed E-state index contributed by atoms with van der Waals surface area (Å²) >= 11 is 0. The number of nitrogens with one attached hydrogen (secondary N) is 2. The van der Waals surface area contributed by atoms with E-state index in [1.165, 1.54) is 50.5 Å². The fraction of sp³-hybridized carbons (Fsp3) is 0.682. The minimum absolute atomic E-state index is 0. The summed E-state index contributed by atoms with van der Waals surface area (Å²) in [7, 11) is 0. The number of piperidine rings is 1. The maximum atomic E-state index is 4.83. The van der Waals surface area contributed by atoms with E-state index in [-0.39, 0.29) is 24.0 Å².